The summed E-state index contributed by atoms with van der Waals surface area (Å²) >= 11 is 0. The van der Waals surface area contributed by atoms with E-state index in [1.54, 1.807) is 43.8 Å². The van der Waals surface area contributed by atoms with E-state index in [1.807, 2.05) is 31.2 Å². The number of benzene rings is 1. The van der Waals surface area contributed by atoms with Crippen molar-refractivity contribution in [2.75, 3.05) is 13.7 Å². The Morgan fingerprint density at radius 2 is 1.85 bits per heavy atom. The van der Waals surface area contributed by atoms with Crippen molar-refractivity contribution in [3.05, 3.63) is 66.6 Å². The molecule has 0 bridgehead atoms. The molecule has 0 unspecified atom stereocenters. The lowest BCUT2D eigenvalue weighted by Crippen LogP contribution is -2.17. The zero-order chi connectivity index (χ0) is 18.4. The van der Waals surface area contributed by atoms with Crippen molar-refractivity contribution in [3.63, 3.8) is 0 Å². The van der Waals surface area contributed by atoms with Crippen LogP contribution in [-0.2, 0) is 0 Å². The molecular weight excluding hydrogens is 330 g/mol. The molecule has 6 nitrogen and oxygen atoms in total. The molecule has 0 aliphatic heterocycles. The summed E-state index contributed by atoms with van der Waals surface area (Å²) in [5.41, 5.74) is 2.23. The average Bonchev–Trinajstić information content (AvgIpc) is 2.68. The molecule has 0 fully saturated rings. The molecule has 6 heteroatoms. The first-order valence-corrected chi connectivity index (χ1v) is 8.24. The van der Waals surface area contributed by atoms with Crippen LogP contribution >= 0.6 is 0 Å². The number of nitrogens with one attached hydrogen (secondary N) is 1. The van der Waals surface area contributed by atoms with Gasteiger partial charge < -0.3 is 14.8 Å². The Labute approximate surface area is 151 Å². The van der Waals surface area contributed by atoms with Crippen molar-refractivity contribution in [1.82, 2.24) is 15.3 Å². The highest BCUT2D eigenvalue weighted by Crippen LogP contribution is 2.33. The van der Waals surface area contributed by atoms with Crippen LogP contribution in [0.25, 0.3) is 11.1 Å². The Morgan fingerprint density at radius 3 is 2.58 bits per heavy atom. The van der Waals surface area contributed by atoms with Crippen LogP contribution in [0.2, 0.25) is 0 Å². The molecule has 2 heterocycles. The van der Waals surface area contributed by atoms with Crippen molar-refractivity contribution in [2.24, 2.45) is 0 Å². The Kier molecular flexibility index (Phi) is 5.43. The quantitative estimate of drug-likeness (QED) is 0.735. The number of ether oxygens (including phenoxy) is 2. The summed E-state index contributed by atoms with van der Waals surface area (Å²) in [6, 6.07) is 12.6. The van der Waals surface area contributed by atoms with Gasteiger partial charge in [0.1, 0.15) is 11.5 Å². The maximum absolute atomic E-state index is 12.0. The third-order valence-electron chi connectivity index (χ3n) is 3.66. The summed E-state index contributed by atoms with van der Waals surface area (Å²) < 4.78 is 11.5. The van der Waals surface area contributed by atoms with E-state index in [1.165, 1.54) is 0 Å². The highest BCUT2D eigenvalue weighted by molar-refractivity contribution is 5.94. The van der Waals surface area contributed by atoms with Gasteiger partial charge >= 0.3 is 0 Å². The fraction of sp³-hybridized carbons (Fsp3) is 0.150. The maximum atomic E-state index is 12.0. The molecule has 3 rings (SSSR count). The average molecular weight is 349 g/mol. The topological polar surface area (TPSA) is 73.3 Å². The molecule has 0 saturated carbocycles. The van der Waals surface area contributed by atoms with Crippen molar-refractivity contribution in [2.45, 2.75) is 6.92 Å². The van der Waals surface area contributed by atoms with Gasteiger partial charge in [0.05, 0.1) is 6.61 Å². The van der Waals surface area contributed by atoms with Gasteiger partial charge in [0.2, 0.25) is 5.88 Å². The minimum Gasteiger partial charge on any atom is -0.494 e. The largest absolute Gasteiger partial charge is 0.494 e. The van der Waals surface area contributed by atoms with Gasteiger partial charge in [-0.3, -0.25) is 9.78 Å². The number of hydrogen-bond donors (Lipinski definition) is 1. The molecule has 132 valence electrons. The molecule has 0 aliphatic carbocycles. The lowest BCUT2D eigenvalue weighted by molar-refractivity contribution is 0.0962. The van der Waals surface area contributed by atoms with E-state index in [0.29, 0.717) is 29.5 Å². The van der Waals surface area contributed by atoms with E-state index in [2.05, 4.69) is 15.3 Å². The van der Waals surface area contributed by atoms with Crippen molar-refractivity contribution >= 4 is 5.91 Å². The highest BCUT2D eigenvalue weighted by atomic mass is 16.5. The smallest absolute Gasteiger partial charge is 0.251 e. The lowest BCUT2D eigenvalue weighted by atomic mass is 10.1. The third-order valence-corrected chi connectivity index (χ3v) is 3.66. The fourth-order valence-corrected chi connectivity index (χ4v) is 2.49. The van der Waals surface area contributed by atoms with Crippen LogP contribution in [-0.4, -0.2) is 29.5 Å². The minimum absolute atomic E-state index is 0.216. The summed E-state index contributed by atoms with van der Waals surface area (Å²) in [6.07, 6.45) is 5.09. The summed E-state index contributed by atoms with van der Waals surface area (Å²) in [5, 5.41) is 2.61. The second kappa shape index (κ2) is 8.11. The van der Waals surface area contributed by atoms with Gasteiger partial charge in [-0.1, -0.05) is 0 Å². The van der Waals surface area contributed by atoms with Crippen LogP contribution in [0.5, 0.6) is 17.4 Å². The Hall–Kier alpha value is -3.41. The summed E-state index contributed by atoms with van der Waals surface area (Å²) in [6.45, 7) is 2.37. The Morgan fingerprint density at radius 1 is 1.08 bits per heavy atom. The first-order valence-electron chi connectivity index (χ1n) is 8.24. The Balaban J connectivity index is 1.99. The van der Waals surface area contributed by atoms with Crippen LogP contribution in [0.4, 0.5) is 0 Å². The predicted octanol–water partition coefficient (Wildman–Crippen LogP) is 3.69. The maximum Gasteiger partial charge on any atom is 0.251 e. The Bertz CT molecular complexity index is 898. The van der Waals surface area contributed by atoms with E-state index in [9.17, 15) is 4.79 Å². The van der Waals surface area contributed by atoms with Gasteiger partial charge in [0.25, 0.3) is 5.91 Å². The normalized spacial score (nSPS) is 10.2. The predicted molar refractivity (Wildman–Crippen MR) is 98.5 cm³/mol. The van der Waals surface area contributed by atoms with E-state index >= 15 is 0 Å². The molecule has 0 saturated heterocycles. The van der Waals surface area contributed by atoms with E-state index in [-0.39, 0.29) is 5.91 Å². The monoisotopic (exact) mass is 349 g/mol. The lowest BCUT2D eigenvalue weighted by Gasteiger charge is -2.13. The van der Waals surface area contributed by atoms with Gasteiger partial charge in [0.15, 0.2) is 0 Å². The second-order valence-electron chi connectivity index (χ2n) is 5.40. The number of nitrogens with zero attached hydrogens (tertiary/aromatic N) is 2. The van der Waals surface area contributed by atoms with Crippen molar-refractivity contribution in [3.8, 4) is 28.5 Å². The number of pyridine rings is 2. The van der Waals surface area contributed by atoms with Gasteiger partial charge in [-0.25, -0.2) is 4.98 Å². The van der Waals surface area contributed by atoms with E-state index in [4.69, 9.17) is 9.47 Å². The van der Waals surface area contributed by atoms with E-state index < -0.39 is 0 Å². The van der Waals surface area contributed by atoms with Crippen LogP contribution in [0.15, 0.2) is 61.1 Å². The first-order chi connectivity index (χ1) is 12.7. The van der Waals surface area contributed by atoms with Crippen LogP contribution in [0.3, 0.4) is 0 Å². The summed E-state index contributed by atoms with van der Waals surface area (Å²) in [7, 11) is 1.58. The van der Waals surface area contributed by atoms with Gasteiger partial charge in [0, 0.05) is 42.8 Å². The van der Waals surface area contributed by atoms with Crippen LogP contribution < -0.4 is 14.8 Å². The molecule has 1 N–H and O–H groups in total. The molecular formula is C20H19N3O3. The first kappa shape index (κ1) is 17.4. The van der Waals surface area contributed by atoms with Crippen LogP contribution in [0, 0.1) is 0 Å². The van der Waals surface area contributed by atoms with Crippen LogP contribution in [0.1, 0.15) is 17.3 Å². The van der Waals surface area contributed by atoms with Crippen molar-refractivity contribution in [1.29, 1.82) is 0 Å². The number of aromatic nitrogens is 2. The number of amides is 1. The summed E-state index contributed by atoms with van der Waals surface area (Å²) in [4.78, 5) is 20.4. The molecule has 3 aromatic rings. The molecule has 0 aliphatic rings. The molecule has 0 spiro atoms. The molecule has 26 heavy (non-hydrogen) atoms. The summed E-state index contributed by atoms with van der Waals surface area (Å²) in [5.74, 6) is 1.26. The zero-order valence-electron chi connectivity index (χ0n) is 14.6. The minimum atomic E-state index is -0.216. The van der Waals surface area contributed by atoms with Crippen molar-refractivity contribution < 1.29 is 14.3 Å². The SMILES string of the molecule is CCOc1cc(Oc2ncccc2-c2ccncc2)cc(C(=O)NC)c1. The number of carbonyl (C=O) groups excluding carboxylic acids is 1. The molecule has 1 amide bonds. The highest BCUT2D eigenvalue weighted by Gasteiger charge is 2.13. The van der Waals surface area contributed by atoms with Gasteiger partial charge in [-0.05, 0) is 48.9 Å². The van der Waals surface area contributed by atoms with E-state index in [0.717, 1.165) is 11.1 Å². The molecule has 2 aromatic heterocycles. The third kappa shape index (κ3) is 3.97. The number of hydrogen-bond acceptors (Lipinski definition) is 5. The standard InChI is InChI=1S/C20H19N3O3/c1-3-25-16-11-15(19(24)21-2)12-17(13-16)26-20-18(5-4-8-23-20)14-6-9-22-10-7-14/h4-13H,3H2,1-2H3,(H,21,24). The number of rotatable bonds is 6. The molecule has 0 radical (unpaired) electrons. The fourth-order valence-electron chi connectivity index (χ4n) is 2.49. The zero-order valence-corrected chi connectivity index (χ0v) is 14.6. The van der Waals surface area contributed by atoms with Gasteiger partial charge in [-0.15, -0.1) is 0 Å². The number of carbonyl (C=O) groups is 1. The molecule has 1 aromatic carbocycles. The van der Waals surface area contributed by atoms with Gasteiger partial charge in [-0.2, -0.15) is 0 Å². The second-order valence-corrected chi connectivity index (χ2v) is 5.40. The molecule has 0 atom stereocenters.